The number of carbonyl (C=O) groups excluding carboxylic acids is 1. The fraction of sp³-hybridized carbons (Fsp3) is 0.875. The molecule has 1 aliphatic carbocycles. The molecule has 1 saturated carbocycles. The van der Waals surface area contributed by atoms with Crippen molar-refractivity contribution in [1.29, 1.82) is 0 Å². The van der Waals surface area contributed by atoms with E-state index in [2.05, 4.69) is 11.9 Å². The summed E-state index contributed by atoms with van der Waals surface area (Å²) in [5.74, 6) is 0.299. The van der Waals surface area contributed by atoms with Gasteiger partial charge in [-0.2, -0.15) is 0 Å². The molecule has 0 aromatic heterocycles. The van der Waals surface area contributed by atoms with Crippen LogP contribution in [0, 0.1) is 0 Å². The van der Waals surface area contributed by atoms with Crippen molar-refractivity contribution in [3.63, 3.8) is 0 Å². The molecule has 1 rings (SSSR count). The Labute approximate surface area is 62.2 Å². The Hall–Kier alpha value is -0.370. The first-order valence-corrected chi connectivity index (χ1v) is 3.90. The van der Waals surface area contributed by atoms with Crippen LogP contribution in [0.25, 0.3) is 0 Å². The van der Waals surface area contributed by atoms with Crippen LogP contribution in [0.2, 0.25) is 0 Å². The van der Waals surface area contributed by atoms with Crippen LogP contribution < -0.4 is 0 Å². The standard InChI is InChI=1S/C8H15NO/c1-7(10)5-6-9(2)8-3-4-8/h8H,3-6H2,1-2H3. The zero-order valence-corrected chi connectivity index (χ0v) is 6.76. The molecule has 10 heavy (non-hydrogen) atoms. The molecule has 0 heterocycles. The van der Waals surface area contributed by atoms with Crippen molar-refractivity contribution in [2.75, 3.05) is 13.6 Å². The molecule has 0 N–H and O–H groups in total. The van der Waals surface area contributed by atoms with E-state index in [1.165, 1.54) is 12.8 Å². The molecule has 0 aliphatic heterocycles. The summed E-state index contributed by atoms with van der Waals surface area (Å²) in [4.78, 5) is 12.8. The number of carbonyl (C=O) groups is 1. The number of Topliss-reactive ketones (excluding diaryl/α,β-unsaturated/α-hetero) is 1. The molecule has 0 saturated heterocycles. The van der Waals surface area contributed by atoms with E-state index < -0.39 is 0 Å². The van der Waals surface area contributed by atoms with Gasteiger partial charge < -0.3 is 4.90 Å². The van der Waals surface area contributed by atoms with Gasteiger partial charge in [-0.3, -0.25) is 4.79 Å². The Bertz CT molecular complexity index is 129. The highest BCUT2D eigenvalue weighted by molar-refractivity contribution is 5.75. The van der Waals surface area contributed by atoms with E-state index in [-0.39, 0.29) is 0 Å². The van der Waals surface area contributed by atoms with Gasteiger partial charge in [0.05, 0.1) is 0 Å². The van der Waals surface area contributed by atoms with Crippen molar-refractivity contribution < 1.29 is 4.79 Å². The van der Waals surface area contributed by atoms with Crippen LogP contribution >= 0.6 is 0 Å². The van der Waals surface area contributed by atoms with Crippen LogP contribution in [-0.2, 0) is 4.79 Å². The van der Waals surface area contributed by atoms with Gasteiger partial charge in [0.2, 0.25) is 0 Å². The summed E-state index contributed by atoms with van der Waals surface area (Å²) in [6.45, 7) is 2.60. The van der Waals surface area contributed by atoms with Crippen LogP contribution in [-0.4, -0.2) is 30.3 Å². The van der Waals surface area contributed by atoms with Crippen LogP contribution in [0.5, 0.6) is 0 Å². The fourth-order valence-corrected chi connectivity index (χ4v) is 1.03. The normalized spacial score (nSPS) is 17.9. The number of rotatable bonds is 4. The van der Waals surface area contributed by atoms with Gasteiger partial charge in [0, 0.05) is 19.0 Å². The summed E-state index contributed by atoms with van der Waals surface area (Å²) in [5, 5.41) is 0. The van der Waals surface area contributed by atoms with Crippen molar-refractivity contribution in [3.8, 4) is 0 Å². The Morgan fingerprint density at radius 3 is 2.60 bits per heavy atom. The van der Waals surface area contributed by atoms with E-state index >= 15 is 0 Å². The summed E-state index contributed by atoms with van der Waals surface area (Å²) in [6, 6.07) is 0.791. The first-order valence-electron chi connectivity index (χ1n) is 3.90. The third-order valence-corrected chi connectivity index (χ3v) is 1.99. The van der Waals surface area contributed by atoms with Crippen molar-refractivity contribution >= 4 is 5.78 Å². The molecule has 0 aromatic rings. The van der Waals surface area contributed by atoms with E-state index in [9.17, 15) is 4.79 Å². The predicted molar refractivity (Wildman–Crippen MR) is 41.0 cm³/mol. The molecule has 0 bridgehead atoms. The SMILES string of the molecule is CC(=O)CCN(C)C1CC1. The number of hydrogen-bond acceptors (Lipinski definition) is 2. The molecular formula is C8H15NO. The highest BCUT2D eigenvalue weighted by Gasteiger charge is 2.25. The number of hydrogen-bond donors (Lipinski definition) is 0. The maximum Gasteiger partial charge on any atom is 0.131 e. The molecule has 0 spiro atoms. The Kier molecular flexibility index (Phi) is 2.44. The average Bonchev–Trinajstić information content (AvgIpc) is 2.63. The van der Waals surface area contributed by atoms with Crippen LogP contribution in [0.3, 0.4) is 0 Å². The van der Waals surface area contributed by atoms with E-state index in [0.29, 0.717) is 12.2 Å². The zero-order chi connectivity index (χ0) is 7.56. The van der Waals surface area contributed by atoms with Crippen LogP contribution in [0.1, 0.15) is 26.2 Å². The zero-order valence-electron chi connectivity index (χ0n) is 6.76. The lowest BCUT2D eigenvalue weighted by Gasteiger charge is -2.13. The summed E-state index contributed by atoms with van der Waals surface area (Å²) in [7, 11) is 2.10. The maximum atomic E-state index is 10.6. The molecule has 58 valence electrons. The van der Waals surface area contributed by atoms with Gasteiger partial charge in [-0.15, -0.1) is 0 Å². The molecule has 0 atom stereocenters. The van der Waals surface area contributed by atoms with Crippen molar-refractivity contribution in [3.05, 3.63) is 0 Å². The third kappa shape index (κ3) is 2.48. The van der Waals surface area contributed by atoms with Gasteiger partial charge in [0.15, 0.2) is 0 Å². The first-order chi connectivity index (χ1) is 4.70. The first kappa shape index (κ1) is 7.73. The highest BCUT2D eigenvalue weighted by Crippen LogP contribution is 2.25. The lowest BCUT2D eigenvalue weighted by atomic mass is 10.3. The average molecular weight is 141 g/mol. The van der Waals surface area contributed by atoms with Crippen LogP contribution in [0.15, 0.2) is 0 Å². The second kappa shape index (κ2) is 3.15. The molecule has 1 fully saturated rings. The van der Waals surface area contributed by atoms with Crippen LogP contribution in [0.4, 0.5) is 0 Å². The van der Waals surface area contributed by atoms with Gasteiger partial charge in [-0.1, -0.05) is 0 Å². The van der Waals surface area contributed by atoms with Gasteiger partial charge in [0.1, 0.15) is 5.78 Å². The molecule has 0 amide bonds. The topological polar surface area (TPSA) is 20.3 Å². The summed E-state index contributed by atoms with van der Waals surface area (Å²) < 4.78 is 0. The monoisotopic (exact) mass is 141 g/mol. The Balaban J connectivity index is 2.05. The smallest absolute Gasteiger partial charge is 0.131 e. The highest BCUT2D eigenvalue weighted by atomic mass is 16.1. The molecule has 0 unspecified atom stereocenters. The molecular weight excluding hydrogens is 126 g/mol. The quantitative estimate of drug-likeness (QED) is 0.583. The Morgan fingerprint density at radius 1 is 1.60 bits per heavy atom. The summed E-state index contributed by atoms with van der Waals surface area (Å²) in [6.07, 6.45) is 3.37. The molecule has 0 aromatic carbocycles. The van der Waals surface area contributed by atoms with E-state index in [1.54, 1.807) is 6.92 Å². The van der Waals surface area contributed by atoms with Gasteiger partial charge in [0.25, 0.3) is 0 Å². The third-order valence-electron chi connectivity index (χ3n) is 1.99. The van der Waals surface area contributed by atoms with Gasteiger partial charge >= 0.3 is 0 Å². The number of ketones is 1. The minimum absolute atomic E-state index is 0.299. The van der Waals surface area contributed by atoms with Crippen molar-refractivity contribution in [2.45, 2.75) is 32.2 Å². The van der Waals surface area contributed by atoms with Gasteiger partial charge in [-0.05, 0) is 26.8 Å². The maximum absolute atomic E-state index is 10.6. The van der Waals surface area contributed by atoms with E-state index in [1.807, 2.05) is 0 Å². The summed E-state index contributed by atoms with van der Waals surface area (Å²) in [5.41, 5.74) is 0. The minimum atomic E-state index is 0.299. The molecule has 1 aliphatic rings. The second-order valence-corrected chi connectivity index (χ2v) is 3.16. The molecule has 0 radical (unpaired) electrons. The minimum Gasteiger partial charge on any atom is -0.303 e. The summed E-state index contributed by atoms with van der Waals surface area (Å²) >= 11 is 0. The van der Waals surface area contributed by atoms with Gasteiger partial charge in [-0.25, -0.2) is 0 Å². The lowest BCUT2D eigenvalue weighted by molar-refractivity contribution is -0.117. The fourth-order valence-electron chi connectivity index (χ4n) is 1.03. The van der Waals surface area contributed by atoms with E-state index in [4.69, 9.17) is 0 Å². The molecule has 2 heteroatoms. The van der Waals surface area contributed by atoms with Crippen molar-refractivity contribution in [1.82, 2.24) is 4.90 Å². The van der Waals surface area contributed by atoms with E-state index in [0.717, 1.165) is 12.6 Å². The number of nitrogens with zero attached hydrogens (tertiary/aromatic N) is 1. The lowest BCUT2D eigenvalue weighted by Crippen LogP contribution is -2.23. The Morgan fingerprint density at radius 2 is 2.20 bits per heavy atom. The molecule has 2 nitrogen and oxygen atoms in total. The van der Waals surface area contributed by atoms with Crippen molar-refractivity contribution in [2.24, 2.45) is 0 Å². The second-order valence-electron chi connectivity index (χ2n) is 3.16. The predicted octanol–water partition coefficient (Wildman–Crippen LogP) is 1.06. The largest absolute Gasteiger partial charge is 0.303 e.